The fourth-order valence-electron chi connectivity index (χ4n) is 3.40. The van der Waals surface area contributed by atoms with Gasteiger partial charge in [-0.05, 0) is 42.7 Å². The van der Waals surface area contributed by atoms with Gasteiger partial charge in [0.25, 0.3) is 0 Å². The lowest BCUT2D eigenvalue weighted by atomic mass is 9.83. The molecular formula is C20H19FN6O. The van der Waals surface area contributed by atoms with Crippen molar-refractivity contribution < 1.29 is 9.50 Å². The van der Waals surface area contributed by atoms with Gasteiger partial charge in [-0.25, -0.2) is 9.37 Å². The van der Waals surface area contributed by atoms with Crippen LogP contribution in [0.1, 0.15) is 48.4 Å². The van der Waals surface area contributed by atoms with E-state index in [1.54, 1.807) is 4.40 Å². The second-order valence-electron chi connectivity index (χ2n) is 7.06. The second kappa shape index (κ2) is 6.72. The Morgan fingerprint density at radius 3 is 2.75 bits per heavy atom. The summed E-state index contributed by atoms with van der Waals surface area (Å²) < 4.78 is 15.0. The predicted molar refractivity (Wildman–Crippen MR) is 102 cm³/mol. The molecule has 28 heavy (non-hydrogen) atoms. The van der Waals surface area contributed by atoms with Crippen LogP contribution in [0.2, 0.25) is 0 Å². The number of anilines is 2. The lowest BCUT2D eigenvalue weighted by Gasteiger charge is -2.23. The number of hydrogen-bond acceptors (Lipinski definition) is 5. The number of aromatic amines is 1. The molecule has 1 aliphatic carbocycles. The summed E-state index contributed by atoms with van der Waals surface area (Å²) in [5.74, 6) is 1.59. The molecule has 7 nitrogen and oxygen atoms in total. The van der Waals surface area contributed by atoms with E-state index in [9.17, 15) is 9.50 Å². The Morgan fingerprint density at radius 2 is 2.00 bits per heavy atom. The number of nitrogens with zero attached hydrogens (tertiary/aromatic N) is 4. The van der Waals surface area contributed by atoms with E-state index in [1.807, 2.05) is 24.4 Å². The molecule has 1 saturated carbocycles. The smallest absolute Gasteiger partial charge is 0.216 e. The number of halogens is 1. The van der Waals surface area contributed by atoms with Crippen LogP contribution in [-0.4, -0.2) is 29.7 Å². The van der Waals surface area contributed by atoms with Crippen LogP contribution in [0.3, 0.4) is 0 Å². The van der Waals surface area contributed by atoms with Crippen LogP contribution >= 0.6 is 0 Å². The molecule has 0 spiro atoms. The minimum absolute atomic E-state index is 0.232. The molecule has 1 aromatic carbocycles. The molecular weight excluding hydrogens is 359 g/mol. The SMILES string of the molecule is OC(c1ccc(F)cc1)c1nc(Nc2cc(C3CCC3)[nH]n2)n2cccc2n1. The highest BCUT2D eigenvalue weighted by molar-refractivity contribution is 5.54. The molecule has 3 aromatic heterocycles. The van der Waals surface area contributed by atoms with Gasteiger partial charge in [-0.1, -0.05) is 18.6 Å². The van der Waals surface area contributed by atoms with Crippen molar-refractivity contribution in [1.82, 2.24) is 24.6 Å². The average molecular weight is 378 g/mol. The molecule has 8 heteroatoms. The fraction of sp³-hybridized carbons (Fsp3) is 0.250. The van der Waals surface area contributed by atoms with Crippen LogP contribution < -0.4 is 5.32 Å². The highest BCUT2D eigenvalue weighted by Crippen LogP contribution is 2.36. The highest BCUT2D eigenvalue weighted by atomic mass is 19.1. The van der Waals surface area contributed by atoms with E-state index in [0.29, 0.717) is 28.9 Å². The zero-order chi connectivity index (χ0) is 19.1. The maximum atomic E-state index is 13.2. The molecule has 3 heterocycles. The maximum absolute atomic E-state index is 13.2. The van der Waals surface area contributed by atoms with Crippen LogP contribution in [0.5, 0.6) is 0 Å². The van der Waals surface area contributed by atoms with Gasteiger partial charge in [-0.15, -0.1) is 0 Å². The van der Waals surface area contributed by atoms with Crippen molar-refractivity contribution in [2.24, 2.45) is 0 Å². The summed E-state index contributed by atoms with van der Waals surface area (Å²) in [6, 6.07) is 11.3. The minimum atomic E-state index is -1.06. The first kappa shape index (κ1) is 16.9. The molecule has 0 saturated heterocycles. The molecule has 1 fully saturated rings. The molecule has 0 bridgehead atoms. The van der Waals surface area contributed by atoms with Gasteiger partial charge in [0.2, 0.25) is 5.95 Å². The Kier molecular flexibility index (Phi) is 4.05. The standard InChI is InChI=1S/C20H19FN6O/c21-14-8-6-13(7-9-14)18(28)19-23-17-5-2-10-27(17)20(24-19)22-16-11-15(25-26-16)12-3-1-4-12/h2,5-12,18,28H,1,3-4H2,(H2,22,23,24,25,26). The van der Waals surface area contributed by atoms with E-state index in [0.717, 1.165) is 5.69 Å². The zero-order valence-electron chi connectivity index (χ0n) is 15.0. The molecule has 0 amide bonds. The van der Waals surface area contributed by atoms with E-state index in [2.05, 4.69) is 25.5 Å². The molecule has 4 aromatic rings. The Morgan fingerprint density at radius 1 is 1.18 bits per heavy atom. The number of aliphatic hydroxyl groups is 1. The molecule has 1 aliphatic rings. The monoisotopic (exact) mass is 378 g/mol. The number of H-pyrrole nitrogens is 1. The van der Waals surface area contributed by atoms with E-state index in [-0.39, 0.29) is 11.6 Å². The molecule has 3 N–H and O–H groups in total. The van der Waals surface area contributed by atoms with Crippen LogP contribution in [0.4, 0.5) is 16.2 Å². The molecule has 0 aliphatic heterocycles. The van der Waals surface area contributed by atoms with Crippen LogP contribution in [0.15, 0.2) is 48.7 Å². The quantitative estimate of drug-likeness (QED) is 0.493. The van der Waals surface area contributed by atoms with Crippen LogP contribution in [0, 0.1) is 5.82 Å². The van der Waals surface area contributed by atoms with Crippen molar-refractivity contribution in [3.05, 3.63) is 71.6 Å². The summed E-state index contributed by atoms with van der Waals surface area (Å²) in [6.07, 6.45) is 4.40. The van der Waals surface area contributed by atoms with Gasteiger partial charge in [-0.2, -0.15) is 10.1 Å². The topological polar surface area (TPSA) is 91.1 Å². The molecule has 142 valence electrons. The summed E-state index contributed by atoms with van der Waals surface area (Å²) in [5, 5.41) is 21.3. The lowest BCUT2D eigenvalue weighted by molar-refractivity contribution is 0.210. The lowest BCUT2D eigenvalue weighted by Crippen LogP contribution is -2.11. The van der Waals surface area contributed by atoms with Gasteiger partial charge < -0.3 is 10.4 Å². The van der Waals surface area contributed by atoms with Crippen molar-refractivity contribution in [2.45, 2.75) is 31.3 Å². The van der Waals surface area contributed by atoms with Crippen LogP contribution in [0.25, 0.3) is 5.65 Å². The van der Waals surface area contributed by atoms with Gasteiger partial charge in [0.1, 0.15) is 17.6 Å². The Hall–Kier alpha value is -3.26. The van der Waals surface area contributed by atoms with Crippen molar-refractivity contribution in [1.29, 1.82) is 0 Å². The number of fused-ring (bicyclic) bond motifs is 1. The number of aromatic nitrogens is 5. The average Bonchev–Trinajstić information content (AvgIpc) is 3.30. The predicted octanol–water partition coefficient (Wildman–Crippen LogP) is 3.68. The van der Waals surface area contributed by atoms with Crippen molar-refractivity contribution >= 4 is 17.4 Å². The third kappa shape index (κ3) is 3.01. The number of hydrogen-bond donors (Lipinski definition) is 3. The summed E-state index contributed by atoms with van der Waals surface area (Å²) in [4.78, 5) is 8.93. The van der Waals surface area contributed by atoms with Gasteiger partial charge in [0, 0.05) is 23.9 Å². The number of rotatable bonds is 5. The largest absolute Gasteiger partial charge is 0.380 e. The van der Waals surface area contributed by atoms with E-state index in [1.165, 1.54) is 43.5 Å². The normalized spacial score (nSPS) is 15.5. The Labute approximate surface area is 160 Å². The number of nitrogens with one attached hydrogen (secondary N) is 2. The first-order valence-electron chi connectivity index (χ1n) is 9.28. The van der Waals surface area contributed by atoms with Gasteiger partial charge >= 0.3 is 0 Å². The number of benzene rings is 1. The summed E-state index contributed by atoms with van der Waals surface area (Å²) in [5.41, 5.74) is 2.29. The third-order valence-electron chi connectivity index (χ3n) is 5.22. The van der Waals surface area contributed by atoms with Crippen molar-refractivity contribution in [3.8, 4) is 0 Å². The zero-order valence-corrected chi connectivity index (χ0v) is 15.0. The van der Waals surface area contributed by atoms with Crippen molar-refractivity contribution in [2.75, 3.05) is 5.32 Å². The van der Waals surface area contributed by atoms with Gasteiger partial charge in [0.15, 0.2) is 11.6 Å². The first-order chi connectivity index (χ1) is 13.7. The summed E-state index contributed by atoms with van der Waals surface area (Å²) in [6.45, 7) is 0. The number of aliphatic hydroxyl groups excluding tert-OH is 1. The molecule has 1 atom stereocenters. The maximum Gasteiger partial charge on any atom is 0.216 e. The Balaban J connectivity index is 1.48. The van der Waals surface area contributed by atoms with Gasteiger partial charge in [0.05, 0.1) is 0 Å². The summed E-state index contributed by atoms with van der Waals surface area (Å²) >= 11 is 0. The fourth-order valence-corrected chi connectivity index (χ4v) is 3.40. The third-order valence-corrected chi connectivity index (χ3v) is 5.22. The minimum Gasteiger partial charge on any atom is -0.380 e. The first-order valence-corrected chi connectivity index (χ1v) is 9.28. The van der Waals surface area contributed by atoms with E-state index in [4.69, 9.17) is 0 Å². The second-order valence-corrected chi connectivity index (χ2v) is 7.06. The van der Waals surface area contributed by atoms with Gasteiger partial charge in [-0.3, -0.25) is 9.50 Å². The molecule has 5 rings (SSSR count). The molecule has 1 unspecified atom stereocenters. The van der Waals surface area contributed by atoms with E-state index >= 15 is 0 Å². The molecule has 0 radical (unpaired) electrons. The summed E-state index contributed by atoms with van der Waals surface area (Å²) in [7, 11) is 0. The van der Waals surface area contributed by atoms with E-state index < -0.39 is 6.10 Å². The Bertz CT molecular complexity index is 1120. The van der Waals surface area contributed by atoms with Crippen molar-refractivity contribution in [3.63, 3.8) is 0 Å². The van der Waals surface area contributed by atoms with Crippen LogP contribution in [-0.2, 0) is 0 Å². The highest BCUT2D eigenvalue weighted by Gasteiger charge is 2.22.